The highest BCUT2D eigenvalue weighted by molar-refractivity contribution is 5.88. The van der Waals surface area contributed by atoms with Crippen LogP contribution >= 0.6 is 0 Å². The third-order valence-corrected chi connectivity index (χ3v) is 4.21. The number of hydrogen-bond donors (Lipinski definition) is 1. The van der Waals surface area contributed by atoms with E-state index in [9.17, 15) is 4.79 Å². The van der Waals surface area contributed by atoms with Gasteiger partial charge in [-0.1, -0.05) is 38.1 Å². The van der Waals surface area contributed by atoms with Gasteiger partial charge in [0.1, 0.15) is 11.5 Å². The molecule has 0 aliphatic rings. The lowest BCUT2D eigenvalue weighted by molar-refractivity contribution is 0.397. The summed E-state index contributed by atoms with van der Waals surface area (Å²) in [5.74, 6) is 1.62. The van der Waals surface area contributed by atoms with Crippen LogP contribution in [0.1, 0.15) is 25.3 Å². The average molecular weight is 323 g/mol. The average Bonchev–Trinajstić information content (AvgIpc) is 2.60. The molecule has 4 heteroatoms. The minimum absolute atomic E-state index is 0.0776. The van der Waals surface area contributed by atoms with E-state index in [4.69, 9.17) is 9.47 Å². The first-order valence-corrected chi connectivity index (χ1v) is 7.93. The fourth-order valence-corrected chi connectivity index (χ4v) is 2.81. The van der Waals surface area contributed by atoms with Crippen LogP contribution in [0.4, 0.5) is 0 Å². The zero-order chi connectivity index (χ0) is 17.3. The minimum atomic E-state index is -0.0776. The fraction of sp³-hybridized carbons (Fsp3) is 0.250. The second-order valence-electron chi connectivity index (χ2n) is 6.08. The van der Waals surface area contributed by atoms with Crippen LogP contribution in [0.3, 0.4) is 0 Å². The van der Waals surface area contributed by atoms with Crippen LogP contribution in [0.5, 0.6) is 11.5 Å². The molecule has 0 radical (unpaired) electrons. The summed E-state index contributed by atoms with van der Waals surface area (Å²) in [4.78, 5) is 15.9. The van der Waals surface area contributed by atoms with Crippen molar-refractivity contribution in [2.75, 3.05) is 14.2 Å². The predicted molar refractivity (Wildman–Crippen MR) is 97.2 cm³/mol. The van der Waals surface area contributed by atoms with Crippen molar-refractivity contribution in [2.45, 2.75) is 19.8 Å². The van der Waals surface area contributed by atoms with Gasteiger partial charge in [0, 0.05) is 23.9 Å². The summed E-state index contributed by atoms with van der Waals surface area (Å²) in [6.07, 6.45) is 0. The van der Waals surface area contributed by atoms with Crippen LogP contribution in [0, 0.1) is 0 Å². The Morgan fingerprint density at radius 2 is 1.67 bits per heavy atom. The Balaban J connectivity index is 2.18. The number of pyridine rings is 1. The number of aromatic amines is 1. The number of aromatic nitrogens is 1. The largest absolute Gasteiger partial charge is 0.497 e. The Morgan fingerprint density at radius 1 is 0.958 bits per heavy atom. The number of methoxy groups -OCH3 is 2. The van der Waals surface area contributed by atoms with E-state index in [0.29, 0.717) is 28.3 Å². The van der Waals surface area contributed by atoms with Crippen LogP contribution in [-0.2, 0) is 0 Å². The van der Waals surface area contributed by atoms with Crippen LogP contribution in [0.15, 0.2) is 47.3 Å². The van der Waals surface area contributed by atoms with Gasteiger partial charge in [0.25, 0.3) is 0 Å². The molecule has 0 aliphatic carbocycles. The summed E-state index contributed by atoms with van der Waals surface area (Å²) in [6, 6.07) is 13.4. The lowest BCUT2D eigenvalue weighted by Gasteiger charge is -2.11. The molecule has 1 heterocycles. The number of H-pyrrole nitrogens is 1. The van der Waals surface area contributed by atoms with Gasteiger partial charge in [0.05, 0.1) is 25.1 Å². The zero-order valence-corrected chi connectivity index (χ0v) is 14.3. The summed E-state index contributed by atoms with van der Waals surface area (Å²) < 4.78 is 10.6. The molecule has 0 spiro atoms. The Bertz CT molecular complexity index is 924. The third kappa shape index (κ3) is 2.87. The lowest BCUT2D eigenvalue weighted by Crippen LogP contribution is -2.05. The Labute approximate surface area is 141 Å². The molecule has 0 amide bonds. The second-order valence-corrected chi connectivity index (χ2v) is 6.08. The van der Waals surface area contributed by atoms with Gasteiger partial charge < -0.3 is 14.5 Å². The van der Waals surface area contributed by atoms with E-state index in [1.54, 1.807) is 26.4 Å². The number of ether oxygens (including phenoxy) is 2. The Kier molecular flexibility index (Phi) is 4.30. The van der Waals surface area contributed by atoms with Crippen molar-refractivity contribution in [3.63, 3.8) is 0 Å². The van der Waals surface area contributed by atoms with Crippen molar-refractivity contribution in [3.05, 3.63) is 58.3 Å². The van der Waals surface area contributed by atoms with Gasteiger partial charge in [-0.2, -0.15) is 0 Å². The molecule has 1 N–H and O–H groups in total. The molecule has 0 unspecified atom stereocenters. The number of rotatable bonds is 4. The topological polar surface area (TPSA) is 51.3 Å². The maximum atomic E-state index is 12.6. The number of fused-ring (bicyclic) bond motifs is 1. The first kappa shape index (κ1) is 16.1. The molecule has 24 heavy (non-hydrogen) atoms. The van der Waals surface area contributed by atoms with Crippen molar-refractivity contribution >= 4 is 10.9 Å². The third-order valence-electron chi connectivity index (χ3n) is 4.21. The lowest BCUT2D eigenvalue weighted by atomic mass is 10.0. The van der Waals surface area contributed by atoms with Gasteiger partial charge in [0.15, 0.2) is 5.43 Å². The molecule has 4 nitrogen and oxygen atoms in total. The number of nitrogens with one attached hydrogen (secondary N) is 1. The molecule has 0 fully saturated rings. The molecule has 3 rings (SSSR count). The SMILES string of the molecule is COc1cc(OC)c2c(=O)cc(-c3ccc(C(C)C)cc3)[nH]c2c1. The summed E-state index contributed by atoms with van der Waals surface area (Å²) in [5.41, 5.74) is 3.64. The first-order chi connectivity index (χ1) is 11.5. The van der Waals surface area contributed by atoms with Crippen molar-refractivity contribution in [1.82, 2.24) is 4.98 Å². The molecule has 2 aromatic carbocycles. The van der Waals surface area contributed by atoms with Crippen molar-refractivity contribution < 1.29 is 9.47 Å². The highest BCUT2D eigenvalue weighted by atomic mass is 16.5. The summed E-state index contributed by atoms with van der Waals surface area (Å²) in [5, 5.41) is 0.529. The van der Waals surface area contributed by atoms with Gasteiger partial charge in [-0.3, -0.25) is 4.79 Å². The van der Waals surface area contributed by atoms with E-state index in [0.717, 1.165) is 11.3 Å². The molecule has 0 bridgehead atoms. The van der Waals surface area contributed by atoms with Crippen LogP contribution < -0.4 is 14.9 Å². The van der Waals surface area contributed by atoms with Crippen LogP contribution in [-0.4, -0.2) is 19.2 Å². The Morgan fingerprint density at radius 3 is 2.25 bits per heavy atom. The van der Waals surface area contributed by atoms with Gasteiger partial charge in [-0.25, -0.2) is 0 Å². The first-order valence-electron chi connectivity index (χ1n) is 7.93. The smallest absolute Gasteiger partial charge is 0.193 e. The molecule has 124 valence electrons. The van der Waals surface area contributed by atoms with E-state index in [-0.39, 0.29) is 5.43 Å². The van der Waals surface area contributed by atoms with E-state index >= 15 is 0 Å². The summed E-state index contributed by atoms with van der Waals surface area (Å²) in [6.45, 7) is 4.32. The Hall–Kier alpha value is -2.75. The molecular weight excluding hydrogens is 302 g/mol. The number of benzene rings is 2. The van der Waals surface area contributed by atoms with Gasteiger partial charge >= 0.3 is 0 Å². The van der Waals surface area contributed by atoms with Gasteiger partial charge in [-0.15, -0.1) is 0 Å². The fourth-order valence-electron chi connectivity index (χ4n) is 2.81. The van der Waals surface area contributed by atoms with Crippen molar-refractivity contribution in [2.24, 2.45) is 0 Å². The highest BCUT2D eigenvalue weighted by Gasteiger charge is 2.11. The van der Waals surface area contributed by atoms with Crippen molar-refractivity contribution in [1.29, 1.82) is 0 Å². The minimum Gasteiger partial charge on any atom is -0.497 e. The van der Waals surface area contributed by atoms with Gasteiger partial charge in [0.2, 0.25) is 0 Å². The van der Waals surface area contributed by atoms with Crippen LogP contribution in [0.25, 0.3) is 22.2 Å². The number of hydrogen-bond acceptors (Lipinski definition) is 3. The standard InChI is InChI=1S/C20H21NO3/c1-12(2)13-5-7-14(8-6-13)16-11-18(22)20-17(21-16)9-15(23-3)10-19(20)24-4/h5-12H,1-4H3,(H,21,22). The molecule has 3 aromatic rings. The van der Waals surface area contributed by atoms with Crippen molar-refractivity contribution in [3.8, 4) is 22.8 Å². The maximum absolute atomic E-state index is 12.6. The van der Waals surface area contributed by atoms with E-state index in [2.05, 4.69) is 31.0 Å². The van der Waals surface area contributed by atoms with E-state index < -0.39 is 0 Å². The zero-order valence-electron chi connectivity index (χ0n) is 14.3. The summed E-state index contributed by atoms with van der Waals surface area (Å²) in [7, 11) is 3.14. The van der Waals surface area contributed by atoms with Gasteiger partial charge in [-0.05, 0) is 17.0 Å². The molecule has 0 saturated heterocycles. The normalized spacial score (nSPS) is 11.0. The monoisotopic (exact) mass is 323 g/mol. The molecule has 0 atom stereocenters. The molecule has 0 saturated carbocycles. The highest BCUT2D eigenvalue weighted by Crippen LogP contribution is 2.29. The maximum Gasteiger partial charge on any atom is 0.193 e. The quantitative estimate of drug-likeness (QED) is 0.777. The van der Waals surface area contributed by atoms with Crippen LogP contribution in [0.2, 0.25) is 0 Å². The van der Waals surface area contributed by atoms with E-state index in [1.165, 1.54) is 5.56 Å². The van der Waals surface area contributed by atoms with E-state index in [1.807, 2.05) is 18.2 Å². The molecule has 1 aromatic heterocycles. The second kappa shape index (κ2) is 6.40. The molecule has 0 aliphatic heterocycles. The molecular formula is C20H21NO3. The summed E-state index contributed by atoms with van der Waals surface area (Å²) >= 11 is 0. The predicted octanol–water partition coefficient (Wildman–Crippen LogP) is 4.34.